The van der Waals surface area contributed by atoms with Crippen molar-refractivity contribution in [2.45, 2.75) is 18.7 Å². The number of rotatable bonds is 8. The van der Waals surface area contributed by atoms with E-state index in [2.05, 4.69) is 12.6 Å². The molecule has 0 saturated heterocycles. The third kappa shape index (κ3) is 6.89. The standard InChI is InChI=1S/C14H18O6S/c1-3-17-13(15)8-19-10-5-11(7-12(21)6-10)20-9-14(16)18-4-2/h5-7,21H,3-4,8-9H2,1-2H3. The van der Waals surface area contributed by atoms with E-state index in [0.717, 1.165) is 0 Å². The van der Waals surface area contributed by atoms with Gasteiger partial charge in [0.05, 0.1) is 13.2 Å². The third-order valence-electron chi connectivity index (χ3n) is 2.19. The Morgan fingerprint density at radius 3 is 1.71 bits per heavy atom. The molecular weight excluding hydrogens is 296 g/mol. The molecule has 7 heteroatoms. The summed E-state index contributed by atoms with van der Waals surface area (Å²) in [6, 6.07) is 4.80. The molecule has 116 valence electrons. The van der Waals surface area contributed by atoms with Gasteiger partial charge >= 0.3 is 11.9 Å². The summed E-state index contributed by atoms with van der Waals surface area (Å²) in [5.74, 6) is -0.129. The highest BCUT2D eigenvalue weighted by molar-refractivity contribution is 7.80. The predicted octanol–water partition coefficient (Wildman–Crippen LogP) is 1.86. The first-order valence-corrected chi connectivity index (χ1v) is 6.90. The summed E-state index contributed by atoms with van der Waals surface area (Å²) >= 11 is 4.20. The molecule has 0 aliphatic heterocycles. The number of benzene rings is 1. The molecule has 1 aromatic rings. The number of ether oxygens (including phenoxy) is 4. The summed E-state index contributed by atoms with van der Waals surface area (Å²) in [4.78, 5) is 23.0. The zero-order valence-corrected chi connectivity index (χ0v) is 12.9. The van der Waals surface area contributed by atoms with Crippen LogP contribution in [0.1, 0.15) is 13.8 Å². The van der Waals surface area contributed by atoms with Gasteiger partial charge < -0.3 is 18.9 Å². The molecule has 21 heavy (non-hydrogen) atoms. The molecule has 1 aromatic carbocycles. The summed E-state index contributed by atoms with van der Waals surface area (Å²) in [6.45, 7) is 3.61. The van der Waals surface area contributed by atoms with Gasteiger partial charge in [0.2, 0.25) is 0 Å². The first-order chi connectivity index (χ1) is 10.0. The van der Waals surface area contributed by atoms with Crippen LogP contribution in [0, 0.1) is 0 Å². The summed E-state index contributed by atoms with van der Waals surface area (Å²) < 4.78 is 20.1. The second kappa shape index (κ2) is 9.12. The lowest BCUT2D eigenvalue weighted by Gasteiger charge is -2.10. The average Bonchev–Trinajstić information content (AvgIpc) is 2.43. The van der Waals surface area contributed by atoms with Crippen LogP contribution in [0.3, 0.4) is 0 Å². The number of hydrogen-bond donors (Lipinski definition) is 1. The fourth-order valence-electron chi connectivity index (χ4n) is 1.41. The molecule has 0 bridgehead atoms. The van der Waals surface area contributed by atoms with E-state index in [9.17, 15) is 9.59 Å². The lowest BCUT2D eigenvalue weighted by atomic mass is 10.3. The maximum atomic E-state index is 11.2. The van der Waals surface area contributed by atoms with Gasteiger partial charge in [0.25, 0.3) is 0 Å². The maximum Gasteiger partial charge on any atom is 0.344 e. The minimum absolute atomic E-state index is 0.206. The van der Waals surface area contributed by atoms with E-state index in [1.807, 2.05) is 0 Å². The summed E-state index contributed by atoms with van der Waals surface area (Å²) in [7, 11) is 0. The summed E-state index contributed by atoms with van der Waals surface area (Å²) in [5, 5.41) is 0. The van der Waals surface area contributed by atoms with Crippen molar-refractivity contribution >= 4 is 24.6 Å². The van der Waals surface area contributed by atoms with Gasteiger partial charge in [-0.2, -0.15) is 0 Å². The summed E-state index contributed by atoms with van der Waals surface area (Å²) in [6.07, 6.45) is 0. The van der Waals surface area contributed by atoms with E-state index in [1.165, 1.54) is 0 Å². The first-order valence-electron chi connectivity index (χ1n) is 6.46. The Kier molecular flexibility index (Phi) is 7.45. The topological polar surface area (TPSA) is 71.1 Å². The van der Waals surface area contributed by atoms with Crippen molar-refractivity contribution < 1.29 is 28.5 Å². The monoisotopic (exact) mass is 314 g/mol. The van der Waals surface area contributed by atoms with Gasteiger partial charge in [-0.3, -0.25) is 0 Å². The summed E-state index contributed by atoms with van der Waals surface area (Å²) in [5.41, 5.74) is 0. The minimum atomic E-state index is -0.462. The van der Waals surface area contributed by atoms with Gasteiger partial charge in [-0.1, -0.05) is 0 Å². The van der Waals surface area contributed by atoms with Crippen molar-refractivity contribution in [1.82, 2.24) is 0 Å². The zero-order chi connectivity index (χ0) is 15.7. The fraction of sp³-hybridized carbons (Fsp3) is 0.429. The molecule has 0 aliphatic rings. The Bertz CT molecular complexity index is 448. The van der Waals surface area contributed by atoms with Crippen molar-refractivity contribution in [1.29, 1.82) is 0 Å². The van der Waals surface area contributed by atoms with Crippen LogP contribution in [-0.4, -0.2) is 38.4 Å². The Labute approximate surface area is 128 Å². The van der Waals surface area contributed by atoms with Gasteiger partial charge in [-0.25, -0.2) is 9.59 Å². The highest BCUT2D eigenvalue weighted by Crippen LogP contribution is 2.25. The molecular formula is C14H18O6S. The van der Waals surface area contributed by atoms with Crippen molar-refractivity contribution in [2.24, 2.45) is 0 Å². The normalized spacial score (nSPS) is 9.86. The molecule has 0 aromatic heterocycles. The Balaban J connectivity index is 2.58. The molecule has 0 fully saturated rings. The van der Waals surface area contributed by atoms with Gasteiger partial charge in [0.15, 0.2) is 13.2 Å². The van der Waals surface area contributed by atoms with E-state index in [4.69, 9.17) is 18.9 Å². The Morgan fingerprint density at radius 2 is 1.33 bits per heavy atom. The van der Waals surface area contributed by atoms with Gasteiger partial charge in [0, 0.05) is 11.0 Å². The second-order valence-electron chi connectivity index (χ2n) is 3.85. The van der Waals surface area contributed by atoms with E-state index in [1.54, 1.807) is 32.0 Å². The van der Waals surface area contributed by atoms with Gasteiger partial charge in [-0.05, 0) is 26.0 Å². The first kappa shape index (κ1) is 17.2. The molecule has 0 atom stereocenters. The van der Waals surface area contributed by atoms with Crippen LogP contribution in [0.15, 0.2) is 23.1 Å². The van der Waals surface area contributed by atoms with Crippen molar-refractivity contribution in [3.05, 3.63) is 18.2 Å². The van der Waals surface area contributed by atoms with Crippen LogP contribution in [0.2, 0.25) is 0 Å². The van der Waals surface area contributed by atoms with Crippen LogP contribution >= 0.6 is 12.6 Å². The quantitative estimate of drug-likeness (QED) is 0.583. The molecule has 0 radical (unpaired) electrons. The third-order valence-corrected chi connectivity index (χ3v) is 2.45. The smallest absolute Gasteiger partial charge is 0.344 e. The van der Waals surface area contributed by atoms with Crippen LogP contribution in [0.4, 0.5) is 0 Å². The van der Waals surface area contributed by atoms with Crippen LogP contribution in [0.25, 0.3) is 0 Å². The van der Waals surface area contributed by atoms with Crippen molar-refractivity contribution in [2.75, 3.05) is 26.4 Å². The Morgan fingerprint density at radius 1 is 0.905 bits per heavy atom. The molecule has 0 heterocycles. The number of carbonyl (C=O) groups is 2. The average molecular weight is 314 g/mol. The number of thiol groups is 1. The molecule has 0 N–H and O–H groups in total. The second-order valence-corrected chi connectivity index (χ2v) is 4.37. The molecule has 6 nitrogen and oxygen atoms in total. The van der Waals surface area contributed by atoms with E-state index < -0.39 is 11.9 Å². The largest absolute Gasteiger partial charge is 0.482 e. The molecule has 1 rings (SSSR count). The maximum absolute atomic E-state index is 11.2. The fourth-order valence-corrected chi connectivity index (χ4v) is 1.67. The van der Waals surface area contributed by atoms with Crippen LogP contribution in [0.5, 0.6) is 11.5 Å². The Hall–Kier alpha value is -1.89. The number of esters is 2. The van der Waals surface area contributed by atoms with E-state index in [-0.39, 0.29) is 13.2 Å². The number of hydrogen-bond acceptors (Lipinski definition) is 7. The zero-order valence-electron chi connectivity index (χ0n) is 12.0. The van der Waals surface area contributed by atoms with Crippen molar-refractivity contribution in [3.8, 4) is 11.5 Å². The lowest BCUT2D eigenvalue weighted by Crippen LogP contribution is -2.15. The highest BCUT2D eigenvalue weighted by Gasteiger charge is 2.08. The molecule has 0 aliphatic carbocycles. The van der Waals surface area contributed by atoms with E-state index >= 15 is 0 Å². The van der Waals surface area contributed by atoms with Crippen LogP contribution in [-0.2, 0) is 19.1 Å². The number of carbonyl (C=O) groups excluding carboxylic acids is 2. The van der Waals surface area contributed by atoms with Crippen LogP contribution < -0.4 is 9.47 Å². The van der Waals surface area contributed by atoms with Crippen molar-refractivity contribution in [3.63, 3.8) is 0 Å². The molecule has 0 spiro atoms. The van der Waals surface area contributed by atoms with Gasteiger partial charge in [-0.15, -0.1) is 12.6 Å². The molecule has 0 unspecified atom stereocenters. The predicted molar refractivity (Wildman–Crippen MR) is 78.0 cm³/mol. The lowest BCUT2D eigenvalue weighted by molar-refractivity contribution is -0.146. The van der Waals surface area contributed by atoms with Gasteiger partial charge in [0.1, 0.15) is 11.5 Å². The molecule has 0 amide bonds. The van der Waals surface area contributed by atoms with E-state index in [0.29, 0.717) is 29.6 Å². The molecule has 0 saturated carbocycles. The highest BCUT2D eigenvalue weighted by atomic mass is 32.1. The minimum Gasteiger partial charge on any atom is -0.482 e. The SMILES string of the molecule is CCOC(=O)COc1cc(S)cc(OCC(=O)OCC)c1.